The maximum atomic E-state index is 12.5. The first-order valence-electron chi connectivity index (χ1n) is 5.83. The molecule has 0 radical (unpaired) electrons. The van der Waals surface area contributed by atoms with Gasteiger partial charge in [-0.2, -0.15) is 0 Å². The molecule has 1 unspecified atom stereocenters. The van der Waals surface area contributed by atoms with Crippen molar-refractivity contribution in [1.29, 1.82) is 0 Å². The second kappa shape index (κ2) is 5.83. The third-order valence-corrected chi connectivity index (χ3v) is 5.53. The summed E-state index contributed by atoms with van der Waals surface area (Å²) in [5.41, 5.74) is 0.848. The van der Waals surface area contributed by atoms with Crippen molar-refractivity contribution in [2.75, 3.05) is 18.1 Å². The first-order chi connectivity index (χ1) is 8.27. The average Bonchev–Trinajstić information content (AvgIpc) is 2.76. The number of amides is 1. The van der Waals surface area contributed by atoms with E-state index in [1.54, 1.807) is 11.8 Å². The third kappa shape index (κ3) is 2.63. The van der Waals surface area contributed by atoms with Crippen LogP contribution in [0.25, 0.3) is 0 Å². The number of thioether (sulfide) groups is 2. The number of carbonyl (C=O) groups is 1. The van der Waals surface area contributed by atoms with Crippen LogP contribution in [-0.4, -0.2) is 34.2 Å². The van der Waals surface area contributed by atoms with Crippen molar-refractivity contribution >= 4 is 29.4 Å². The number of allylic oxidation sites excluding steroid dienone is 4. The van der Waals surface area contributed by atoms with Gasteiger partial charge in [-0.25, -0.2) is 0 Å². The van der Waals surface area contributed by atoms with Crippen LogP contribution in [0.4, 0.5) is 0 Å². The first kappa shape index (κ1) is 12.8. The summed E-state index contributed by atoms with van der Waals surface area (Å²) in [5, 5.41) is 0.360. The summed E-state index contributed by atoms with van der Waals surface area (Å²) < 4.78 is 0. The lowest BCUT2D eigenvalue weighted by atomic mass is 10.2. The van der Waals surface area contributed by atoms with Crippen LogP contribution in [-0.2, 0) is 4.79 Å². The molecule has 1 atom stereocenters. The lowest BCUT2D eigenvalue weighted by molar-refractivity contribution is -0.126. The van der Waals surface area contributed by atoms with E-state index in [1.165, 1.54) is 0 Å². The van der Waals surface area contributed by atoms with Crippen molar-refractivity contribution in [2.45, 2.75) is 19.2 Å². The zero-order valence-electron chi connectivity index (χ0n) is 10.2. The maximum Gasteiger partial charge on any atom is 0.255 e. The Morgan fingerprint density at radius 3 is 2.94 bits per heavy atom. The zero-order valence-corrected chi connectivity index (χ0v) is 11.8. The molecule has 2 fully saturated rings. The van der Waals surface area contributed by atoms with Crippen molar-refractivity contribution in [2.24, 2.45) is 0 Å². The second-order valence-electron chi connectivity index (χ2n) is 3.89. The first-order valence-corrected chi connectivity index (χ1v) is 7.86. The molecule has 2 nitrogen and oxygen atoms in total. The molecule has 2 saturated heterocycles. The molecule has 2 aliphatic rings. The monoisotopic (exact) mass is 267 g/mol. The smallest absolute Gasteiger partial charge is 0.255 e. The standard InChI is InChI=1S/C13H17NOS2/c1-3-5-6-10-11(4-2)17-9-12-14(13(10)15)7-8-16-12/h3-6,12H,7-9H2,1-2H3/b5-3-,10-6+,11-4+. The summed E-state index contributed by atoms with van der Waals surface area (Å²) in [7, 11) is 0. The minimum atomic E-state index is 0.191. The minimum absolute atomic E-state index is 0.191. The van der Waals surface area contributed by atoms with Gasteiger partial charge in [-0.3, -0.25) is 4.79 Å². The van der Waals surface area contributed by atoms with Crippen LogP contribution in [0.3, 0.4) is 0 Å². The van der Waals surface area contributed by atoms with Gasteiger partial charge in [0.15, 0.2) is 0 Å². The predicted octanol–water partition coefficient (Wildman–Crippen LogP) is 3.04. The molecule has 2 heterocycles. The molecule has 2 aliphatic heterocycles. The number of hydrogen-bond acceptors (Lipinski definition) is 3. The summed E-state index contributed by atoms with van der Waals surface area (Å²) >= 11 is 3.69. The second-order valence-corrected chi connectivity index (χ2v) is 6.24. The van der Waals surface area contributed by atoms with E-state index in [9.17, 15) is 4.79 Å². The molecular weight excluding hydrogens is 250 g/mol. The van der Waals surface area contributed by atoms with E-state index in [4.69, 9.17) is 0 Å². The molecule has 0 aliphatic carbocycles. The van der Waals surface area contributed by atoms with Gasteiger partial charge in [0.1, 0.15) is 0 Å². The van der Waals surface area contributed by atoms with E-state index in [-0.39, 0.29) is 5.91 Å². The van der Waals surface area contributed by atoms with E-state index in [0.717, 1.165) is 28.5 Å². The zero-order chi connectivity index (χ0) is 12.3. The van der Waals surface area contributed by atoms with Crippen LogP contribution >= 0.6 is 23.5 Å². The van der Waals surface area contributed by atoms with E-state index in [2.05, 4.69) is 0 Å². The predicted molar refractivity (Wildman–Crippen MR) is 77.1 cm³/mol. The Hall–Kier alpha value is -0.610. The Balaban J connectivity index is 2.34. The number of hydrogen-bond donors (Lipinski definition) is 0. The van der Waals surface area contributed by atoms with Crippen molar-refractivity contribution in [3.05, 3.63) is 34.8 Å². The molecule has 0 saturated carbocycles. The summed E-state index contributed by atoms with van der Waals surface area (Å²) in [6.45, 7) is 4.86. The normalized spacial score (nSPS) is 30.4. The summed E-state index contributed by atoms with van der Waals surface area (Å²) in [6, 6.07) is 0. The number of nitrogens with zero attached hydrogens (tertiary/aromatic N) is 1. The Kier molecular flexibility index (Phi) is 4.40. The van der Waals surface area contributed by atoms with E-state index >= 15 is 0 Å². The molecular formula is C13H17NOS2. The molecule has 4 heteroatoms. The largest absolute Gasteiger partial charge is 0.325 e. The molecule has 0 aromatic heterocycles. The lowest BCUT2D eigenvalue weighted by Gasteiger charge is -2.20. The number of fused-ring (bicyclic) bond motifs is 1. The highest BCUT2D eigenvalue weighted by Gasteiger charge is 2.35. The molecule has 0 N–H and O–H groups in total. The van der Waals surface area contributed by atoms with Crippen molar-refractivity contribution in [3.63, 3.8) is 0 Å². The fraction of sp³-hybridized carbons (Fsp3) is 0.462. The molecule has 1 amide bonds. The molecule has 92 valence electrons. The molecule has 2 rings (SSSR count). The third-order valence-electron chi connectivity index (χ3n) is 2.85. The quantitative estimate of drug-likeness (QED) is 0.681. The Bertz CT molecular complexity index is 398. The van der Waals surface area contributed by atoms with Crippen LogP contribution in [0.2, 0.25) is 0 Å². The maximum absolute atomic E-state index is 12.5. The Morgan fingerprint density at radius 1 is 1.41 bits per heavy atom. The SMILES string of the molecule is C\C=C/C=C1/C(=O)N2CCSC2CS/C1=C/C. The van der Waals surface area contributed by atoms with Gasteiger partial charge < -0.3 is 4.90 Å². The molecule has 17 heavy (non-hydrogen) atoms. The number of rotatable bonds is 1. The topological polar surface area (TPSA) is 20.3 Å². The van der Waals surface area contributed by atoms with E-state index in [0.29, 0.717) is 5.37 Å². The minimum Gasteiger partial charge on any atom is -0.325 e. The van der Waals surface area contributed by atoms with Gasteiger partial charge in [-0.15, -0.1) is 23.5 Å². The van der Waals surface area contributed by atoms with Crippen LogP contribution in [0.15, 0.2) is 34.8 Å². The summed E-state index contributed by atoms with van der Waals surface area (Å²) in [4.78, 5) is 15.6. The van der Waals surface area contributed by atoms with Crippen LogP contribution in [0.1, 0.15) is 13.8 Å². The molecule has 0 aromatic carbocycles. The van der Waals surface area contributed by atoms with Crippen LogP contribution in [0.5, 0.6) is 0 Å². The van der Waals surface area contributed by atoms with Crippen molar-refractivity contribution in [1.82, 2.24) is 4.90 Å². The molecule has 0 bridgehead atoms. The van der Waals surface area contributed by atoms with Gasteiger partial charge >= 0.3 is 0 Å². The average molecular weight is 267 g/mol. The highest BCUT2D eigenvalue weighted by Crippen LogP contribution is 2.37. The van der Waals surface area contributed by atoms with Gasteiger partial charge in [0.05, 0.1) is 10.9 Å². The van der Waals surface area contributed by atoms with Crippen molar-refractivity contribution < 1.29 is 4.79 Å². The van der Waals surface area contributed by atoms with Crippen molar-refractivity contribution in [3.8, 4) is 0 Å². The van der Waals surface area contributed by atoms with Gasteiger partial charge in [-0.05, 0) is 19.9 Å². The molecule has 0 aromatic rings. The van der Waals surface area contributed by atoms with Gasteiger partial charge in [-0.1, -0.05) is 18.2 Å². The van der Waals surface area contributed by atoms with Gasteiger partial charge in [0, 0.05) is 23.0 Å². The Labute approximate surface area is 111 Å². The fourth-order valence-corrected chi connectivity index (χ4v) is 4.50. The number of carbonyl (C=O) groups excluding carboxylic acids is 1. The summed E-state index contributed by atoms with van der Waals surface area (Å²) in [5.74, 6) is 2.26. The van der Waals surface area contributed by atoms with Gasteiger partial charge in [0.2, 0.25) is 0 Å². The highest BCUT2D eigenvalue weighted by atomic mass is 32.2. The van der Waals surface area contributed by atoms with Gasteiger partial charge in [0.25, 0.3) is 5.91 Å². The van der Waals surface area contributed by atoms with Crippen LogP contribution in [0, 0.1) is 0 Å². The molecule has 0 spiro atoms. The van der Waals surface area contributed by atoms with E-state index < -0.39 is 0 Å². The van der Waals surface area contributed by atoms with E-state index in [1.807, 2.05) is 54.8 Å². The Morgan fingerprint density at radius 2 is 2.24 bits per heavy atom. The summed E-state index contributed by atoms with van der Waals surface area (Å²) in [6.07, 6.45) is 7.89. The highest BCUT2D eigenvalue weighted by molar-refractivity contribution is 8.05. The fourth-order valence-electron chi connectivity index (χ4n) is 1.98. The van der Waals surface area contributed by atoms with Crippen LogP contribution < -0.4 is 0 Å². The lowest BCUT2D eigenvalue weighted by Crippen LogP contribution is -2.35.